The highest BCUT2D eigenvalue weighted by Gasteiger charge is 2.03. The summed E-state index contributed by atoms with van der Waals surface area (Å²) in [6, 6.07) is 8.41. The lowest BCUT2D eigenvalue weighted by Crippen LogP contribution is -2.11. The van der Waals surface area contributed by atoms with Gasteiger partial charge in [0.2, 0.25) is 5.91 Å². The number of amides is 1. The van der Waals surface area contributed by atoms with Crippen molar-refractivity contribution in [2.24, 2.45) is 0 Å². The van der Waals surface area contributed by atoms with E-state index in [9.17, 15) is 4.79 Å². The van der Waals surface area contributed by atoms with Gasteiger partial charge in [-0.05, 0) is 49.8 Å². The van der Waals surface area contributed by atoms with Crippen LogP contribution in [0.4, 0.5) is 5.69 Å². The fourth-order valence-corrected chi connectivity index (χ4v) is 3.37. The van der Waals surface area contributed by atoms with Crippen LogP contribution in [-0.4, -0.2) is 5.91 Å². The highest BCUT2D eigenvalue weighted by Crippen LogP contribution is 2.15. The molecule has 0 saturated heterocycles. The fraction of sp³-hybridized carbons (Fsp3) is 0.640. The van der Waals surface area contributed by atoms with Crippen molar-refractivity contribution in [1.82, 2.24) is 0 Å². The van der Waals surface area contributed by atoms with Crippen LogP contribution < -0.4 is 5.32 Å². The summed E-state index contributed by atoms with van der Waals surface area (Å²) in [6.07, 6.45) is 20.1. The summed E-state index contributed by atoms with van der Waals surface area (Å²) in [7, 11) is 0. The Morgan fingerprint density at radius 1 is 0.852 bits per heavy atom. The predicted molar refractivity (Wildman–Crippen MR) is 119 cm³/mol. The van der Waals surface area contributed by atoms with Crippen LogP contribution in [0.25, 0.3) is 0 Å². The van der Waals surface area contributed by atoms with E-state index >= 15 is 0 Å². The largest absolute Gasteiger partial charge is 0.326 e. The average Bonchev–Trinajstić information content (AvgIpc) is 2.68. The molecule has 0 fully saturated rings. The van der Waals surface area contributed by atoms with E-state index in [1.54, 1.807) is 0 Å². The molecule has 1 rings (SSSR count). The second-order valence-corrected chi connectivity index (χ2v) is 7.71. The molecule has 0 unspecified atom stereocenters. The zero-order valence-corrected chi connectivity index (χ0v) is 17.6. The molecule has 0 heterocycles. The molecule has 152 valence electrons. The first-order valence-corrected chi connectivity index (χ1v) is 11.3. The van der Waals surface area contributed by atoms with Gasteiger partial charge in [-0.15, -0.1) is 6.58 Å². The lowest BCUT2D eigenvalue weighted by molar-refractivity contribution is -0.116. The van der Waals surface area contributed by atoms with Crippen LogP contribution >= 0.6 is 0 Å². The van der Waals surface area contributed by atoms with Gasteiger partial charge in [0.1, 0.15) is 0 Å². The van der Waals surface area contributed by atoms with Crippen molar-refractivity contribution in [2.75, 3.05) is 5.32 Å². The number of allylic oxidation sites excluding steroid dienone is 1. The summed E-state index contributed by atoms with van der Waals surface area (Å²) in [5, 5.41) is 3.03. The standard InChI is InChI=1S/C25H41NO/c1-3-5-7-9-11-12-14-16-18-25(27)26-24-21-19-23(20-22-24)17-15-13-10-8-6-4-2/h3,19-22H,1,4-18H2,2H3,(H,26,27). The number of rotatable bonds is 17. The Balaban J connectivity index is 2.08. The second kappa shape index (κ2) is 16.6. The Hall–Kier alpha value is -1.57. The maximum Gasteiger partial charge on any atom is 0.224 e. The first-order valence-electron chi connectivity index (χ1n) is 11.3. The van der Waals surface area contributed by atoms with Gasteiger partial charge in [0.25, 0.3) is 0 Å². The van der Waals surface area contributed by atoms with Gasteiger partial charge in [-0.1, -0.05) is 82.9 Å². The van der Waals surface area contributed by atoms with E-state index < -0.39 is 0 Å². The van der Waals surface area contributed by atoms with E-state index in [-0.39, 0.29) is 5.91 Å². The molecule has 0 spiro atoms. The van der Waals surface area contributed by atoms with Crippen LogP contribution in [0.5, 0.6) is 0 Å². The van der Waals surface area contributed by atoms with Crippen LogP contribution in [0.1, 0.15) is 102 Å². The molecule has 0 saturated carbocycles. The highest BCUT2D eigenvalue weighted by atomic mass is 16.1. The normalized spacial score (nSPS) is 10.7. The molecule has 0 aliphatic rings. The van der Waals surface area contributed by atoms with Gasteiger partial charge in [0.05, 0.1) is 0 Å². The first kappa shape index (κ1) is 23.5. The predicted octanol–water partition coefficient (Wildman–Crippen LogP) is 7.83. The number of hydrogen-bond acceptors (Lipinski definition) is 1. The third-order valence-electron chi connectivity index (χ3n) is 5.12. The molecule has 1 aromatic carbocycles. The van der Waals surface area contributed by atoms with Crippen molar-refractivity contribution < 1.29 is 4.79 Å². The molecule has 27 heavy (non-hydrogen) atoms. The van der Waals surface area contributed by atoms with E-state index in [1.165, 1.54) is 69.8 Å². The summed E-state index contributed by atoms with van der Waals surface area (Å²) < 4.78 is 0. The minimum absolute atomic E-state index is 0.144. The number of carbonyl (C=O) groups excluding carboxylic acids is 1. The number of anilines is 1. The Kier molecular flexibility index (Phi) is 14.4. The Morgan fingerprint density at radius 2 is 1.44 bits per heavy atom. The monoisotopic (exact) mass is 371 g/mol. The lowest BCUT2D eigenvalue weighted by atomic mass is 10.0. The zero-order valence-electron chi connectivity index (χ0n) is 17.6. The third kappa shape index (κ3) is 13.3. The molecule has 0 aromatic heterocycles. The summed E-state index contributed by atoms with van der Waals surface area (Å²) >= 11 is 0. The Labute approximate surface area is 167 Å². The molecule has 0 aliphatic carbocycles. The van der Waals surface area contributed by atoms with Gasteiger partial charge >= 0.3 is 0 Å². The second-order valence-electron chi connectivity index (χ2n) is 7.71. The molecule has 0 aliphatic heterocycles. The summed E-state index contributed by atoms with van der Waals surface area (Å²) in [4.78, 5) is 12.0. The SMILES string of the molecule is C=CCCCCCCCCC(=O)Nc1ccc(CCCCCCCC)cc1. The van der Waals surface area contributed by atoms with Crippen molar-refractivity contribution >= 4 is 11.6 Å². The molecule has 2 heteroatoms. The number of aryl methyl sites for hydroxylation is 1. The minimum Gasteiger partial charge on any atom is -0.326 e. The molecule has 1 aromatic rings. The first-order chi connectivity index (χ1) is 13.3. The lowest BCUT2D eigenvalue weighted by Gasteiger charge is -2.07. The van der Waals surface area contributed by atoms with Gasteiger partial charge in [-0.25, -0.2) is 0 Å². The molecule has 1 N–H and O–H groups in total. The zero-order chi connectivity index (χ0) is 19.6. The van der Waals surface area contributed by atoms with E-state index in [4.69, 9.17) is 0 Å². The Morgan fingerprint density at radius 3 is 2.11 bits per heavy atom. The van der Waals surface area contributed by atoms with Gasteiger partial charge < -0.3 is 5.32 Å². The van der Waals surface area contributed by atoms with E-state index in [1.807, 2.05) is 18.2 Å². The molecule has 0 atom stereocenters. The molecular formula is C25H41NO. The maximum absolute atomic E-state index is 12.0. The number of hydrogen-bond donors (Lipinski definition) is 1. The molecule has 0 bridgehead atoms. The maximum atomic E-state index is 12.0. The van der Waals surface area contributed by atoms with Crippen molar-refractivity contribution in [3.05, 3.63) is 42.5 Å². The number of benzene rings is 1. The smallest absolute Gasteiger partial charge is 0.224 e. The minimum atomic E-state index is 0.144. The number of nitrogens with one attached hydrogen (secondary N) is 1. The van der Waals surface area contributed by atoms with Gasteiger partial charge in [0.15, 0.2) is 0 Å². The third-order valence-corrected chi connectivity index (χ3v) is 5.12. The van der Waals surface area contributed by atoms with Crippen LogP contribution in [-0.2, 0) is 11.2 Å². The number of carbonyl (C=O) groups is 1. The summed E-state index contributed by atoms with van der Waals surface area (Å²) in [5.74, 6) is 0.144. The van der Waals surface area contributed by atoms with Crippen LogP contribution in [0.15, 0.2) is 36.9 Å². The fourth-order valence-electron chi connectivity index (χ4n) is 3.37. The van der Waals surface area contributed by atoms with Crippen LogP contribution in [0.2, 0.25) is 0 Å². The molecule has 1 amide bonds. The van der Waals surface area contributed by atoms with E-state index in [2.05, 4.69) is 31.0 Å². The summed E-state index contributed by atoms with van der Waals surface area (Å²) in [5.41, 5.74) is 2.30. The molecular weight excluding hydrogens is 330 g/mol. The summed E-state index contributed by atoms with van der Waals surface area (Å²) in [6.45, 7) is 6.00. The molecule has 0 radical (unpaired) electrons. The van der Waals surface area contributed by atoms with Crippen molar-refractivity contribution in [3.8, 4) is 0 Å². The quantitative estimate of drug-likeness (QED) is 0.219. The highest BCUT2D eigenvalue weighted by molar-refractivity contribution is 5.90. The van der Waals surface area contributed by atoms with E-state index in [0.29, 0.717) is 6.42 Å². The van der Waals surface area contributed by atoms with Crippen molar-refractivity contribution in [2.45, 2.75) is 103 Å². The van der Waals surface area contributed by atoms with E-state index in [0.717, 1.165) is 31.4 Å². The topological polar surface area (TPSA) is 29.1 Å². The molecule has 2 nitrogen and oxygen atoms in total. The van der Waals surface area contributed by atoms with Crippen LogP contribution in [0, 0.1) is 0 Å². The van der Waals surface area contributed by atoms with Crippen molar-refractivity contribution in [1.29, 1.82) is 0 Å². The van der Waals surface area contributed by atoms with Crippen LogP contribution in [0.3, 0.4) is 0 Å². The van der Waals surface area contributed by atoms with Gasteiger partial charge in [-0.3, -0.25) is 4.79 Å². The van der Waals surface area contributed by atoms with Gasteiger partial charge in [0, 0.05) is 12.1 Å². The van der Waals surface area contributed by atoms with Gasteiger partial charge in [-0.2, -0.15) is 0 Å². The number of unbranched alkanes of at least 4 members (excludes halogenated alkanes) is 11. The Bertz CT molecular complexity index is 492. The van der Waals surface area contributed by atoms with Crippen molar-refractivity contribution in [3.63, 3.8) is 0 Å². The average molecular weight is 372 g/mol.